The number of ether oxygens (including phenoxy) is 1. The Morgan fingerprint density at radius 3 is 2.95 bits per heavy atom. The molecule has 1 aromatic heterocycles. The maximum atomic E-state index is 11.0. The quantitative estimate of drug-likeness (QED) is 0.845. The van der Waals surface area contributed by atoms with Gasteiger partial charge in [0.05, 0.1) is 18.4 Å². The molecule has 2 N–H and O–H groups in total. The highest BCUT2D eigenvalue weighted by molar-refractivity contribution is 5.86. The minimum absolute atomic E-state index is 0.0919. The normalized spacial score (nSPS) is 19.5. The van der Waals surface area contributed by atoms with Crippen LogP contribution in [0.5, 0.6) is 0 Å². The van der Waals surface area contributed by atoms with E-state index in [-0.39, 0.29) is 11.3 Å². The van der Waals surface area contributed by atoms with Gasteiger partial charge >= 0.3 is 5.97 Å². The molecule has 0 aromatic carbocycles. The molecule has 2 heterocycles. The summed E-state index contributed by atoms with van der Waals surface area (Å²) in [5.41, 5.74) is 0.825. The molecule has 1 fully saturated rings. The van der Waals surface area contributed by atoms with Gasteiger partial charge in [-0.3, -0.25) is 10.00 Å². The van der Waals surface area contributed by atoms with Crippen LogP contribution in [-0.2, 0) is 11.3 Å². The molecule has 2 rings (SSSR count). The average molecular weight is 267 g/mol. The van der Waals surface area contributed by atoms with Gasteiger partial charge in [0.2, 0.25) is 0 Å². The van der Waals surface area contributed by atoms with Crippen molar-refractivity contribution in [1.29, 1.82) is 0 Å². The van der Waals surface area contributed by atoms with Crippen molar-refractivity contribution >= 4 is 5.97 Å². The van der Waals surface area contributed by atoms with Gasteiger partial charge in [-0.25, -0.2) is 4.79 Å². The topological polar surface area (TPSA) is 78.5 Å². The molecule has 0 radical (unpaired) electrons. The number of carbonyl (C=O) groups is 1. The van der Waals surface area contributed by atoms with Gasteiger partial charge in [0.1, 0.15) is 5.69 Å². The zero-order valence-electron chi connectivity index (χ0n) is 11.5. The van der Waals surface area contributed by atoms with Crippen LogP contribution >= 0.6 is 0 Å². The fraction of sp³-hybridized carbons (Fsp3) is 0.692. The van der Waals surface area contributed by atoms with E-state index in [2.05, 4.69) is 28.9 Å². The van der Waals surface area contributed by atoms with E-state index in [1.807, 2.05) is 0 Å². The first-order chi connectivity index (χ1) is 9.10. The zero-order valence-corrected chi connectivity index (χ0v) is 11.5. The molecule has 0 spiro atoms. The fourth-order valence-corrected chi connectivity index (χ4v) is 2.59. The summed E-state index contributed by atoms with van der Waals surface area (Å²) < 4.78 is 5.91. The molecule has 0 atom stereocenters. The van der Waals surface area contributed by atoms with Gasteiger partial charge < -0.3 is 9.84 Å². The van der Waals surface area contributed by atoms with E-state index in [0.717, 1.165) is 31.5 Å². The SMILES string of the molecule is CCC1(CC)CN(Cc2cn[nH]c2C(=O)O)CCO1. The molecule has 0 saturated carbocycles. The van der Waals surface area contributed by atoms with Gasteiger partial charge in [-0.15, -0.1) is 0 Å². The third kappa shape index (κ3) is 2.96. The lowest BCUT2D eigenvalue weighted by atomic mass is 9.94. The largest absolute Gasteiger partial charge is 0.477 e. The maximum absolute atomic E-state index is 11.0. The number of nitrogens with one attached hydrogen (secondary N) is 1. The molecule has 1 aromatic rings. The molecule has 106 valence electrons. The van der Waals surface area contributed by atoms with E-state index < -0.39 is 5.97 Å². The predicted octanol–water partition coefficient (Wildman–Crippen LogP) is 1.50. The Morgan fingerprint density at radius 2 is 2.32 bits per heavy atom. The third-order valence-corrected chi connectivity index (χ3v) is 3.94. The molecular weight excluding hydrogens is 246 g/mol. The van der Waals surface area contributed by atoms with Crippen molar-refractivity contribution in [3.63, 3.8) is 0 Å². The van der Waals surface area contributed by atoms with Crippen LogP contribution in [0.25, 0.3) is 0 Å². The summed E-state index contributed by atoms with van der Waals surface area (Å²) in [6.45, 7) is 7.22. The number of carboxylic acid groups (broad SMARTS) is 1. The first-order valence-corrected chi connectivity index (χ1v) is 6.72. The molecule has 19 heavy (non-hydrogen) atoms. The Hall–Kier alpha value is -1.40. The number of rotatable bonds is 5. The Balaban J connectivity index is 2.06. The van der Waals surface area contributed by atoms with Gasteiger partial charge in [-0.1, -0.05) is 13.8 Å². The second-order valence-electron chi connectivity index (χ2n) is 5.02. The molecule has 1 aliphatic rings. The summed E-state index contributed by atoms with van der Waals surface area (Å²) in [7, 11) is 0. The van der Waals surface area contributed by atoms with Crippen molar-refractivity contribution < 1.29 is 14.6 Å². The molecule has 0 bridgehead atoms. The minimum Gasteiger partial charge on any atom is -0.477 e. The first-order valence-electron chi connectivity index (χ1n) is 6.72. The molecule has 0 aliphatic carbocycles. The van der Waals surface area contributed by atoms with Crippen LogP contribution in [0.1, 0.15) is 42.7 Å². The van der Waals surface area contributed by atoms with Crippen LogP contribution in [0, 0.1) is 0 Å². The molecule has 6 nitrogen and oxygen atoms in total. The van der Waals surface area contributed by atoms with E-state index in [9.17, 15) is 4.79 Å². The fourth-order valence-electron chi connectivity index (χ4n) is 2.59. The van der Waals surface area contributed by atoms with Gasteiger partial charge in [-0.05, 0) is 12.8 Å². The molecule has 6 heteroatoms. The molecule has 0 amide bonds. The summed E-state index contributed by atoms with van der Waals surface area (Å²) in [6.07, 6.45) is 3.53. The van der Waals surface area contributed by atoms with Crippen LogP contribution in [0.4, 0.5) is 0 Å². The molecule has 0 unspecified atom stereocenters. The van der Waals surface area contributed by atoms with Crippen LogP contribution in [-0.4, -0.2) is 51.5 Å². The highest BCUT2D eigenvalue weighted by Crippen LogP contribution is 2.26. The predicted molar refractivity (Wildman–Crippen MR) is 70.1 cm³/mol. The van der Waals surface area contributed by atoms with Gasteiger partial charge in [0, 0.05) is 25.2 Å². The standard InChI is InChI=1S/C13H21N3O3/c1-3-13(4-2)9-16(5-6-19-13)8-10-7-14-15-11(10)12(17)18/h7H,3-6,8-9H2,1-2H3,(H,14,15)(H,17,18). The number of hydrogen-bond acceptors (Lipinski definition) is 4. The lowest BCUT2D eigenvalue weighted by Gasteiger charge is -2.42. The highest BCUT2D eigenvalue weighted by atomic mass is 16.5. The lowest BCUT2D eigenvalue weighted by Crippen LogP contribution is -2.50. The minimum atomic E-state index is -0.960. The van der Waals surface area contributed by atoms with Crippen molar-refractivity contribution in [3.05, 3.63) is 17.5 Å². The van der Waals surface area contributed by atoms with Crippen molar-refractivity contribution in [2.45, 2.75) is 38.8 Å². The number of carboxylic acids is 1. The summed E-state index contributed by atoms with van der Waals surface area (Å²) >= 11 is 0. The van der Waals surface area contributed by atoms with Crippen molar-refractivity contribution in [2.24, 2.45) is 0 Å². The first kappa shape index (κ1) is 14.0. The van der Waals surface area contributed by atoms with Crippen LogP contribution in [0.2, 0.25) is 0 Å². The van der Waals surface area contributed by atoms with Gasteiger partial charge in [0.25, 0.3) is 0 Å². The Kier molecular flexibility index (Phi) is 4.21. The Morgan fingerprint density at radius 1 is 1.58 bits per heavy atom. The summed E-state index contributed by atoms with van der Waals surface area (Å²) in [6, 6.07) is 0. The van der Waals surface area contributed by atoms with E-state index >= 15 is 0 Å². The highest BCUT2D eigenvalue weighted by Gasteiger charge is 2.33. The number of hydrogen-bond donors (Lipinski definition) is 2. The van der Waals surface area contributed by atoms with Crippen molar-refractivity contribution in [1.82, 2.24) is 15.1 Å². The second-order valence-corrected chi connectivity index (χ2v) is 5.02. The number of nitrogens with zero attached hydrogens (tertiary/aromatic N) is 2. The number of aromatic nitrogens is 2. The second kappa shape index (κ2) is 5.71. The molecular formula is C13H21N3O3. The molecule has 1 aliphatic heterocycles. The zero-order chi connectivity index (χ0) is 13.9. The molecule has 1 saturated heterocycles. The van der Waals surface area contributed by atoms with E-state index in [4.69, 9.17) is 9.84 Å². The Bertz CT molecular complexity index is 440. The average Bonchev–Trinajstić information content (AvgIpc) is 2.87. The third-order valence-electron chi connectivity index (χ3n) is 3.94. The van der Waals surface area contributed by atoms with Crippen LogP contribution in [0.3, 0.4) is 0 Å². The summed E-state index contributed by atoms with van der Waals surface area (Å²) in [5.74, 6) is -0.960. The Labute approximate surface area is 112 Å². The monoisotopic (exact) mass is 267 g/mol. The van der Waals surface area contributed by atoms with Gasteiger partial charge in [0.15, 0.2) is 0 Å². The lowest BCUT2D eigenvalue weighted by molar-refractivity contribution is -0.115. The van der Waals surface area contributed by atoms with E-state index in [0.29, 0.717) is 13.2 Å². The van der Waals surface area contributed by atoms with Crippen LogP contribution < -0.4 is 0 Å². The van der Waals surface area contributed by atoms with Crippen LogP contribution in [0.15, 0.2) is 6.20 Å². The number of aromatic carboxylic acids is 1. The smallest absolute Gasteiger partial charge is 0.354 e. The summed E-state index contributed by atoms with van der Waals surface area (Å²) in [5, 5.41) is 15.4. The van der Waals surface area contributed by atoms with Crippen molar-refractivity contribution in [3.8, 4) is 0 Å². The maximum Gasteiger partial charge on any atom is 0.354 e. The van der Waals surface area contributed by atoms with E-state index in [1.165, 1.54) is 0 Å². The van der Waals surface area contributed by atoms with Gasteiger partial charge in [-0.2, -0.15) is 5.10 Å². The van der Waals surface area contributed by atoms with Crippen molar-refractivity contribution in [2.75, 3.05) is 19.7 Å². The summed E-state index contributed by atoms with van der Waals surface area (Å²) in [4.78, 5) is 13.3. The number of morpholine rings is 1. The number of H-pyrrole nitrogens is 1. The number of aromatic amines is 1. The van der Waals surface area contributed by atoms with E-state index in [1.54, 1.807) is 6.20 Å².